The minimum absolute atomic E-state index is 0. The second-order valence-corrected chi connectivity index (χ2v) is 19.6. The van der Waals surface area contributed by atoms with Crippen LogP contribution in [0.5, 0.6) is 5.75 Å². The van der Waals surface area contributed by atoms with Gasteiger partial charge in [0.05, 0.1) is 7.11 Å². The SMILES string of the molecule is CCc1c[c-]c(-c2nccc3ccccc23)cc1.COc1c[c-]c(-c2nccc3ccccc23)cc1.Cc1c[c-]c(-c2nccc3ccccc23)cc1.Fc1c[c-]c(-c2nccc3ccccc23)cc1.[Ir].[Ir].[Ir].[Ir].[Ir].[c-]1cccc2ccc3cccnc3c12. The van der Waals surface area contributed by atoms with Crippen molar-refractivity contribution in [1.82, 2.24) is 24.9 Å². The first-order valence-corrected chi connectivity index (χ1v) is 27.6. The van der Waals surface area contributed by atoms with E-state index in [1.165, 1.54) is 61.0 Å². The van der Waals surface area contributed by atoms with Gasteiger partial charge in [-0.3, -0.25) is 4.39 Å². The Morgan fingerprint density at radius 3 is 1.19 bits per heavy atom. The summed E-state index contributed by atoms with van der Waals surface area (Å²) in [6.07, 6.45) is 10.2. The first kappa shape index (κ1) is 70.6. The van der Waals surface area contributed by atoms with Crippen molar-refractivity contribution in [3.63, 3.8) is 0 Å². The molecule has 10 aromatic carbocycles. The van der Waals surface area contributed by atoms with Crippen LogP contribution in [0.15, 0.2) is 268 Å². The molecule has 89 heavy (non-hydrogen) atoms. The minimum Gasteiger partial charge on any atom is -0.540 e. The molecule has 0 amide bonds. The molecule has 0 aliphatic rings. The summed E-state index contributed by atoms with van der Waals surface area (Å²) in [5, 5.41) is 12.8. The fraction of sp³-hybridized carbons (Fsp3) is 0.0519. The Kier molecular flexibility index (Phi) is 27.8. The van der Waals surface area contributed by atoms with E-state index in [2.05, 4.69) is 166 Å². The van der Waals surface area contributed by atoms with Crippen LogP contribution in [-0.2, 0) is 107 Å². The summed E-state index contributed by atoms with van der Waals surface area (Å²) >= 11 is 0. The fourth-order valence-corrected chi connectivity index (χ4v) is 9.78. The number of rotatable bonds is 6. The molecule has 6 nitrogen and oxygen atoms in total. The van der Waals surface area contributed by atoms with Crippen molar-refractivity contribution in [1.29, 1.82) is 0 Å². The Morgan fingerprint density at radius 2 is 0.775 bits per heavy atom. The van der Waals surface area contributed by atoms with E-state index in [0.717, 1.165) is 84.3 Å². The van der Waals surface area contributed by atoms with E-state index in [1.807, 2.05) is 146 Å². The standard InChI is InChI=1S/C17H14N.C16H12NO.C16H12N.C15H9FN.C13H8N.5Ir/c1-2-13-7-9-15(10-8-13)17-16-6-4-3-5-14(16)11-12-18-17;1-18-14-8-6-13(7-9-14)16-15-5-3-2-4-12(15)10-11-17-16;1-12-6-8-14(9-7-12)16-15-5-3-2-4-13(15)10-11-17-16;16-13-7-5-12(6-8-13)15-14-4-2-1-3-11(14)9-10-17-15;1-2-6-12-10(4-1)7-8-11-5-3-9-14-13(11)12;;;;;/h3-9,11-12H,2H2,1H3;2-6,8-11H,1H3;2-8,10-11H,1H3;1-5,7-10H;1-5,7-9H;;;;;/q5*-1;;;;;. The quantitative estimate of drug-likeness (QED) is 0.122. The van der Waals surface area contributed by atoms with Crippen molar-refractivity contribution in [3.8, 4) is 50.8 Å². The van der Waals surface area contributed by atoms with Crippen LogP contribution in [0.3, 0.4) is 0 Å². The molecule has 0 spiro atoms. The monoisotopic (exact) mass is 2050 g/mol. The number of fused-ring (bicyclic) bond motifs is 7. The molecule has 12 heteroatoms. The molecule has 15 aromatic rings. The number of aryl methyl sites for hydroxylation is 2. The number of nitrogens with zero attached hydrogens (tertiary/aromatic N) is 5. The van der Waals surface area contributed by atoms with Gasteiger partial charge in [0.1, 0.15) is 0 Å². The zero-order valence-corrected chi connectivity index (χ0v) is 60.3. The van der Waals surface area contributed by atoms with Crippen LogP contribution in [0.1, 0.15) is 18.1 Å². The van der Waals surface area contributed by atoms with E-state index in [-0.39, 0.29) is 106 Å². The molecule has 5 heterocycles. The molecular formula is C77H55FIr5N5O-5. The van der Waals surface area contributed by atoms with E-state index in [4.69, 9.17) is 4.74 Å². The Bertz CT molecular complexity index is 4360. The maximum atomic E-state index is 12.9. The van der Waals surface area contributed by atoms with Crippen molar-refractivity contribution in [2.24, 2.45) is 0 Å². The normalized spacial score (nSPS) is 10.1. The fourth-order valence-electron chi connectivity index (χ4n) is 9.78. The number of pyridine rings is 5. The van der Waals surface area contributed by atoms with Gasteiger partial charge in [-0.05, 0) is 107 Å². The average molecular weight is 2050 g/mol. The molecule has 0 fully saturated rings. The van der Waals surface area contributed by atoms with E-state index in [1.54, 1.807) is 19.4 Å². The predicted octanol–water partition coefficient (Wildman–Crippen LogP) is 19.0. The van der Waals surface area contributed by atoms with E-state index in [0.29, 0.717) is 0 Å². The Hall–Kier alpha value is -7.51. The maximum Gasteiger partial charge on any atom is 0.0647 e. The molecule has 0 saturated carbocycles. The molecule has 0 saturated heterocycles. The summed E-state index contributed by atoms with van der Waals surface area (Å²) in [6.45, 7) is 4.22. The molecule has 15 rings (SSSR count). The first-order chi connectivity index (χ1) is 41.4. The Labute approximate surface area is 586 Å². The second-order valence-electron chi connectivity index (χ2n) is 19.6. The predicted molar refractivity (Wildman–Crippen MR) is 343 cm³/mol. The van der Waals surface area contributed by atoms with Gasteiger partial charge in [-0.1, -0.05) is 136 Å². The zero-order valence-electron chi connectivity index (χ0n) is 48.3. The molecule has 0 atom stereocenters. The number of methoxy groups -OCH3 is 1. The summed E-state index contributed by atoms with van der Waals surface area (Å²) in [7, 11) is 1.65. The first-order valence-electron chi connectivity index (χ1n) is 27.6. The molecule has 0 aliphatic heterocycles. The van der Waals surface area contributed by atoms with E-state index in [9.17, 15) is 4.39 Å². The minimum atomic E-state index is -0.283. The maximum absolute atomic E-state index is 12.9. The molecular weight excluding hydrogens is 1990 g/mol. The van der Waals surface area contributed by atoms with Crippen LogP contribution in [0, 0.1) is 43.1 Å². The Morgan fingerprint density at radius 1 is 0.360 bits per heavy atom. The largest absolute Gasteiger partial charge is 0.540 e. The van der Waals surface area contributed by atoms with Crippen LogP contribution >= 0.6 is 0 Å². The van der Waals surface area contributed by atoms with Gasteiger partial charge in [0.25, 0.3) is 0 Å². The van der Waals surface area contributed by atoms with Crippen LogP contribution in [0.25, 0.3) is 110 Å². The van der Waals surface area contributed by atoms with Gasteiger partial charge >= 0.3 is 0 Å². The average Bonchev–Trinajstić information content (AvgIpc) is 3.44. The molecule has 0 aliphatic carbocycles. The molecule has 0 unspecified atom stereocenters. The van der Waals surface area contributed by atoms with Crippen LogP contribution < -0.4 is 4.74 Å². The van der Waals surface area contributed by atoms with Gasteiger partial charge in [0.15, 0.2) is 0 Å². The van der Waals surface area contributed by atoms with Gasteiger partial charge in [-0.15, -0.1) is 165 Å². The van der Waals surface area contributed by atoms with Crippen molar-refractivity contribution in [2.75, 3.05) is 7.11 Å². The van der Waals surface area contributed by atoms with Crippen LogP contribution in [0.2, 0.25) is 0 Å². The third kappa shape index (κ3) is 17.7. The summed E-state index contributed by atoms with van der Waals surface area (Å²) in [6, 6.07) is 93.8. The topological polar surface area (TPSA) is 73.7 Å². The summed E-state index contributed by atoms with van der Waals surface area (Å²) in [4.78, 5) is 22.2. The summed E-state index contributed by atoms with van der Waals surface area (Å²) in [5.74, 6) is 0.521. The van der Waals surface area contributed by atoms with Crippen LogP contribution in [-0.4, -0.2) is 32.0 Å². The van der Waals surface area contributed by atoms with Crippen molar-refractivity contribution in [2.45, 2.75) is 20.3 Å². The smallest absolute Gasteiger partial charge is 0.0647 e. The number of halogens is 1. The van der Waals surface area contributed by atoms with E-state index >= 15 is 0 Å². The van der Waals surface area contributed by atoms with Gasteiger partial charge in [0, 0.05) is 143 Å². The van der Waals surface area contributed by atoms with Crippen molar-refractivity contribution >= 4 is 64.8 Å². The molecule has 0 bridgehead atoms. The number of ether oxygens (including phenoxy) is 1. The Balaban J connectivity index is 0.000000175. The third-order valence-corrected chi connectivity index (χ3v) is 14.2. The number of aromatic nitrogens is 5. The number of hydrogen-bond donors (Lipinski definition) is 0. The molecule has 451 valence electrons. The van der Waals surface area contributed by atoms with Crippen molar-refractivity contribution < 1.29 is 110 Å². The molecule has 5 aromatic heterocycles. The van der Waals surface area contributed by atoms with Gasteiger partial charge < -0.3 is 29.7 Å². The molecule has 5 radical (unpaired) electrons. The van der Waals surface area contributed by atoms with Gasteiger partial charge in [0.2, 0.25) is 0 Å². The second kappa shape index (κ2) is 35.0. The molecule has 0 N–H and O–H groups in total. The number of benzene rings is 10. The van der Waals surface area contributed by atoms with E-state index < -0.39 is 0 Å². The summed E-state index contributed by atoms with van der Waals surface area (Å²) in [5.41, 5.74) is 11.3. The number of hydrogen-bond acceptors (Lipinski definition) is 6. The van der Waals surface area contributed by atoms with Gasteiger partial charge in [-0.25, -0.2) is 0 Å². The zero-order chi connectivity index (χ0) is 57.5. The van der Waals surface area contributed by atoms with Crippen molar-refractivity contribution in [3.05, 3.63) is 315 Å². The summed E-state index contributed by atoms with van der Waals surface area (Å²) < 4.78 is 18.0. The van der Waals surface area contributed by atoms with Crippen LogP contribution in [0.4, 0.5) is 4.39 Å². The third-order valence-electron chi connectivity index (χ3n) is 14.2. The van der Waals surface area contributed by atoms with Gasteiger partial charge in [-0.2, -0.15) is 0 Å².